The van der Waals surface area contributed by atoms with E-state index in [9.17, 15) is 4.79 Å². The molecule has 0 aromatic heterocycles. The fourth-order valence-corrected chi connectivity index (χ4v) is 1.66. The molecule has 5 heteroatoms. The van der Waals surface area contributed by atoms with E-state index in [0.29, 0.717) is 19.0 Å². The van der Waals surface area contributed by atoms with E-state index < -0.39 is 0 Å². The van der Waals surface area contributed by atoms with Gasteiger partial charge in [-0.05, 0) is 26.2 Å². The molecular formula is C13H28N4O. The van der Waals surface area contributed by atoms with Crippen LogP contribution in [0.1, 0.15) is 47.0 Å². The summed E-state index contributed by atoms with van der Waals surface area (Å²) in [5, 5.41) is 13.2. The summed E-state index contributed by atoms with van der Waals surface area (Å²) < 4.78 is 0. The molecule has 0 heterocycles. The quantitative estimate of drug-likeness (QED) is 0.369. The van der Waals surface area contributed by atoms with Crippen molar-refractivity contribution in [3.05, 3.63) is 0 Å². The number of ketones is 1. The number of rotatable bonds is 9. The van der Waals surface area contributed by atoms with Crippen LogP contribution in [0.5, 0.6) is 0 Å². The summed E-state index contributed by atoms with van der Waals surface area (Å²) in [6.45, 7) is 8.71. The number of carbonyl (C=O) groups excluding carboxylic acids is 1. The lowest BCUT2D eigenvalue weighted by Gasteiger charge is -2.24. The predicted molar refractivity (Wildman–Crippen MR) is 75.7 cm³/mol. The molecule has 0 bridgehead atoms. The number of carbonyl (C=O) groups is 1. The number of nitrogens with two attached hydrogens (primary N) is 1. The molecule has 5 N–H and O–H groups in total. The van der Waals surface area contributed by atoms with Crippen molar-refractivity contribution in [1.29, 1.82) is 5.41 Å². The van der Waals surface area contributed by atoms with Gasteiger partial charge in [-0.3, -0.25) is 10.2 Å². The normalized spacial score (nSPS) is 15.8. The van der Waals surface area contributed by atoms with Gasteiger partial charge >= 0.3 is 0 Å². The highest BCUT2D eigenvalue weighted by atomic mass is 16.1. The number of Topliss-reactive ketones (excluding diaryl/α,β-unsaturated/α-hetero) is 1. The predicted octanol–water partition coefficient (Wildman–Crippen LogP) is 1.23. The van der Waals surface area contributed by atoms with Gasteiger partial charge in [0.1, 0.15) is 0 Å². The van der Waals surface area contributed by atoms with Crippen molar-refractivity contribution in [2.24, 2.45) is 11.7 Å². The zero-order valence-corrected chi connectivity index (χ0v) is 12.0. The Balaban J connectivity index is 4.41. The van der Waals surface area contributed by atoms with Crippen molar-refractivity contribution < 1.29 is 4.79 Å². The molecule has 0 aromatic carbocycles. The molecule has 0 saturated carbocycles. The van der Waals surface area contributed by atoms with Crippen LogP contribution in [0.25, 0.3) is 0 Å². The van der Waals surface area contributed by atoms with Gasteiger partial charge in [-0.2, -0.15) is 0 Å². The van der Waals surface area contributed by atoms with E-state index in [-0.39, 0.29) is 23.7 Å². The average molecular weight is 256 g/mol. The second-order valence-electron chi connectivity index (χ2n) is 4.87. The Morgan fingerprint density at radius 1 is 1.28 bits per heavy atom. The van der Waals surface area contributed by atoms with Crippen molar-refractivity contribution in [1.82, 2.24) is 10.6 Å². The molecule has 106 valence electrons. The van der Waals surface area contributed by atoms with E-state index in [0.717, 1.165) is 12.8 Å². The van der Waals surface area contributed by atoms with Crippen LogP contribution < -0.4 is 16.4 Å². The highest BCUT2D eigenvalue weighted by molar-refractivity contribution is 5.86. The summed E-state index contributed by atoms with van der Waals surface area (Å²) in [7, 11) is 0. The fraction of sp³-hybridized carbons (Fsp3) is 0.846. The summed E-state index contributed by atoms with van der Waals surface area (Å²) in [5.41, 5.74) is 5.24. The molecule has 18 heavy (non-hydrogen) atoms. The van der Waals surface area contributed by atoms with E-state index in [1.54, 1.807) is 0 Å². The third-order valence-corrected chi connectivity index (χ3v) is 3.29. The lowest BCUT2D eigenvalue weighted by atomic mass is 9.95. The van der Waals surface area contributed by atoms with E-state index in [1.165, 1.54) is 0 Å². The Hall–Kier alpha value is -1.10. The maximum absolute atomic E-state index is 12.2. The minimum absolute atomic E-state index is 0.0479. The molecule has 0 aliphatic carbocycles. The first-order valence-electron chi connectivity index (χ1n) is 6.79. The third kappa shape index (κ3) is 6.59. The second kappa shape index (κ2) is 8.91. The first-order chi connectivity index (χ1) is 8.42. The van der Waals surface area contributed by atoms with Crippen LogP contribution in [-0.4, -0.2) is 30.4 Å². The first-order valence-corrected chi connectivity index (χ1v) is 6.79. The van der Waals surface area contributed by atoms with E-state index >= 15 is 0 Å². The second-order valence-corrected chi connectivity index (χ2v) is 4.87. The SMILES string of the molecule is CCC(C)NC(CCNC(=N)N)C(=O)C(C)CC. The highest BCUT2D eigenvalue weighted by Gasteiger charge is 2.23. The maximum Gasteiger partial charge on any atom is 0.185 e. The molecule has 0 aliphatic rings. The first kappa shape index (κ1) is 16.9. The maximum atomic E-state index is 12.2. The molecule has 5 nitrogen and oxygen atoms in total. The fourth-order valence-electron chi connectivity index (χ4n) is 1.66. The van der Waals surface area contributed by atoms with Gasteiger partial charge < -0.3 is 16.4 Å². The van der Waals surface area contributed by atoms with Crippen molar-refractivity contribution >= 4 is 11.7 Å². The van der Waals surface area contributed by atoms with Crippen LogP contribution in [0.15, 0.2) is 0 Å². The van der Waals surface area contributed by atoms with Crippen molar-refractivity contribution in [3.63, 3.8) is 0 Å². The summed E-state index contributed by atoms with van der Waals surface area (Å²) in [6.07, 6.45) is 2.51. The highest BCUT2D eigenvalue weighted by Crippen LogP contribution is 2.09. The molecule has 0 aromatic rings. The molecule has 0 aliphatic heterocycles. The summed E-state index contributed by atoms with van der Waals surface area (Å²) in [6, 6.07) is 0.169. The van der Waals surface area contributed by atoms with Crippen LogP contribution in [0.2, 0.25) is 0 Å². The minimum atomic E-state index is -0.151. The Labute approximate surface area is 110 Å². The number of nitrogens with one attached hydrogen (secondary N) is 3. The molecule has 3 atom stereocenters. The van der Waals surface area contributed by atoms with Gasteiger partial charge in [0.05, 0.1) is 6.04 Å². The molecule has 3 unspecified atom stereocenters. The van der Waals surface area contributed by atoms with Crippen molar-refractivity contribution in [3.8, 4) is 0 Å². The monoisotopic (exact) mass is 256 g/mol. The van der Waals surface area contributed by atoms with E-state index in [4.69, 9.17) is 11.1 Å². The Morgan fingerprint density at radius 3 is 2.33 bits per heavy atom. The third-order valence-electron chi connectivity index (χ3n) is 3.29. The van der Waals surface area contributed by atoms with Gasteiger partial charge in [0.15, 0.2) is 11.7 Å². The number of hydrogen-bond donors (Lipinski definition) is 4. The zero-order chi connectivity index (χ0) is 14.1. The van der Waals surface area contributed by atoms with Crippen LogP contribution in [0.4, 0.5) is 0 Å². The van der Waals surface area contributed by atoms with Gasteiger partial charge in [-0.1, -0.05) is 20.8 Å². The molecule has 0 rings (SSSR count). The number of guanidine groups is 1. The van der Waals surface area contributed by atoms with Gasteiger partial charge in [0.2, 0.25) is 0 Å². The van der Waals surface area contributed by atoms with Gasteiger partial charge in [-0.15, -0.1) is 0 Å². The van der Waals surface area contributed by atoms with Gasteiger partial charge in [-0.25, -0.2) is 0 Å². The Morgan fingerprint density at radius 2 is 1.89 bits per heavy atom. The Kier molecular flexibility index (Phi) is 8.37. The molecule has 0 spiro atoms. The summed E-state index contributed by atoms with van der Waals surface area (Å²) in [4.78, 5) is 12.2. The van der Waals surface area contributed by atoms with Crippen LogP contribution in [-0.2, 0) is 4.79 Å². The lowest BCUT2D eigenvalue weighted by molar-refractivity contribution is -0.124. The van der Waals surface area contributed by atoms with Gasteiger partial charge in [0.25, 0.3) is 0 Å². The standard InChI is InChI=1S/C13H28N4O/c1-5-9(3)12(18)11(17-10(4)6-2)7-8-16-13(14)15/h9-11,17H,5-8H2,1-4H3,(H4,14,15,16). The lowest BCUT2D eigenvalue weighted by Crippen LogP contribution is -2.46. The smallest absolute Gasteiger partial charge is 0.185 e. The van der Waals surface area contributed by atoms with Crippen LogP contribution in [0, 0.1) is 11.3 Å². The molecule has 0 amide bonds. The molecule has 0 saturated heterocycles. The van der Waals surface area contributed by atoms with Crippen molar-refractivity contribution in [2.45, 2.75) is 59.0 Å². The minimum Gasteiger partial charge on any atom is -0.370 e. The number of hydrogen-bond acceptors (Lipinski definition) is 3. The topological polar surface area (TPSA) is 91.0 Å². The van der Waals surface area contributed by atoms with Crippen LogP contribution in [0.3, 0.4) is 0 Å². The summed E-state index contributed by atoms with van der Waals surface area (Å²) >= 11 is 0. The van der Waals surface area contributed by atoms with E-state index in [1.807, 2.05) is 13.8 Å². The molecular weight excluding hydrogens is 228 g/mol. The van der Waals surface area contributed by atoms with Crippen molar-refractivity contribution in [2.75, 3.05) is 6.54 Å². The van der Waals surface area contributed by atoms with E-state index in [2.05, 4.69) is 24.5 Å². The largest absolute Gasteiger partial charge is 0.370 e. The molecule has 0 radical (unpaired) electrons. The van der Waals surface area contributed by atoms with Crippen LogP contribution >= 0.6 is 0 Å². The zero-order valence-electron chi connectivity index (χ0n) is 12.0. The van der Waals surface area contributed by atoms with Gasteiger partial charge in [0, 0.05) is 18.5 Å². The summed E-state index contributed by atoms with van der Waals surface area (Å²) in [5.74, 6) is 0.278. The molecule has 0 fully saturated rings. The Bertz CT molecular complexity index is 268. The average Bonchev–Trinajstić information content (AvgIpc) is 2.34.